The van der Waals surface area contributed by atoms with E-state index in [4.69, 9.17) is 13.0 Å². The molecule has 0 atom stereocenters. The zero-order valence-corrected chi connectivity index (χ0v) is 4.58. The molecule has 0 heterocycles. The van der Waals surface area contributed by atoms with E-state index in [2.05, 4.69) is 0 Å². The summed E-state index contributed by atoms with van der Waals surface area (Å²) in [7, 11) is -6.09. The molecule has 0 spiro atoms. The van der Waals surface area contributed by atoms with Crippen LogP contribution in [0.2, 0.25) is 0 Å². The van der Waals surface area contributed by atoms with Gasteiger partial charge in [0.2, 0.25) is 0 Å². The minimum absolute atomic E-state index is 0. The lowest BCUT2D eigenvalue weighted by molar-refractivity contribution is -0.0517. The highest BCUT2D eigenvalue weighted by atomic mass is 32.2. The summed E-state index contributed by atoms with van der Waals surface area (Å²) in [5.41, 5.74) is -5.65. The normalized spacial score (nSPS) is 12.4. The molecule has 58 valence electrons. The number of hydrogen-bond acceptors (Lipinski definition) is 3. The monoisotopic (exact) mass is 167 g/mol. The van der Waals surface area contributed by atoms with Gasteiger partial charge in [0.05, 0.1) is 0 Å². The van der Waals surface area contributed by atoms with Crippen LogP contribution in [0.1, 0.15) is 0 Å². The first-order valence-electron chi connectivity index (χ1n) is 1.27. The lowest BCUT2D eigenvalue weighted by Crippen LogP contribution is -2.21. The Morgan fingerprint density at radius 1 is 1.22 bits per heavy atom. The minimum atomic E-state index is -6.09. The van der Waals surface area contributed by atoms with Crippen molar-refractivity contribution in [1.29, 1.82) is 0 Å². The first-order chi connectivity index (χ1) is 3.25. The standard InChI is InChI=1S/CHF3O3S.H2O/c2-1(3,4)8(5,6)7;/h(H,5,6,7);1H2/p-1. The van der Waals surface area contributed by atoms with Gasteiger partial charge in [0.1, 0.15) is 0 Å². The van der Waals surface area contributed by atoms with Crippen LogP contribution in [-0.2, 0) is 10.1 Å². The lowest BCUT2D eigenvalue weighted by atomic mass is 11.6. The van der Waals surface area contributed by atoms with Crippen molar-refractivity contribution in [2.24, 2.45) is 0 Å². The average Bonchev–Trinajstić information content (AvgIpc) is 1.25. The number of halogens is 3. The zero-order chi connectivity index (χ0) is 7.00. The SMILES string of the molecule is O.O=S(=O)([O-])C(F)(F)F. The van der Waals surface area contributed by atoms with E-state index >= 15 is 0 Å². The lowest BCUT2D eigenvalue weighted by Gasteiger charge is -2.08. The molecule has 9 heavy (non-hydrogen) atoms. The van der Waals surface area contributed by atoms with Crippen LogP contribution in [0.3, 0.4) is 0 Å². The van der Waals surface area contributed by atoms with Crippen molar-refractivity contribution < 1.29 is 31.6 Å². The summed E-state index contributed by atoms with van der Waals surface area (Å²) in [5.74, 6) is 0. The Morgan fingerprint density at radius 3 is 1.33 bits per heavy atom. The van der Waals surface area contributed by atoms with Crippen molar-refractivity contribution in [3.05, 3.63) is 0 Å². The molecule has 0 bridgehead atoms. The molecule has 0 saturated carbocycles. The highest BCUT2D eigenvalue weighted by Crippen LogP contribution is 2.20. The van der Waals surface area contributed by atoms with Crippen LogP contribution < -0.4 is 0 Å². The Hall–Kier alpha value is -0.340. The van der Waals surface area contributed by atoms with E-state index in [1.807, 2.05) is 0 Å². The summed E-state index contributed by atoms with van der Waals surface area (Å²) in [4.78, 5) is 0. The predicted molar refractivity (Wildman–Crippen MR) is 19.4 cm³/mol. The molecule has 0 aliphatic rings. The molecule has 0 fully saturated rings. The maximum absolute atomic E-state index is 10.7. The maximum Gasteiger partial charge on any atom is 0.485 e. The molecule has 0 rings (SSSR count). The maximum atomic E-state index is 10.7. The quantitative estimate of drug-likeness (QED) is 0.350. The molecule has 0 aliphatic carbocycles. The van der Waals surface area contributed by atoms with Gasteiger partial charge in [-0.05, 0) is 0 Å². The van der Waals surface area contributed by atoms with Gasteiger partial charge in [0.25, 0.3) is 0 Å². The first-order valence-corrected chi connectivity index (χ1v) is 2.68. The fourth-order valence-corrected chi connectivity index (χ4v) is 0. The molecule has 4 nitrogen and oxygen atoms in total. The van der Waals surface area contributed by atoms with Gasteiger partial charge < -0.3 is 10.0 Å². The molecule has 2 N–H and O–H groups in total. The minimum Gasteiger partial charge on any atom is -0.741 e. The van der Waals surface area contributed by atoms with Gasteiger partial charge in [-0.2, -0.15) is 13.2 Å². The topological polar surface area (TPSA) is 88.7 Å². The van der Waals surface area contributed by atoms with Crippen LogP contribution in [0.15, 0.2) is 0 Å². The highest BCUT2D eigenvalue weighted by Gasteiger charge is 2.36. The highest BCUT2D eigenvalue weighted by molar-refractivity contribution is 7.86. The summed E-state index contributed by atoms with van der Waals surface area (Å²) in [6.45, 7) is 0. The molecule has 0 unspecified atom stereocenters. The van der Waals surface area contributed by atoms with Gasteiger partial charge in [0.15, 0.2) is 10.1 Å². The van der Waals surface area contributed by atoms with Crippen LogP contribution in [-0.4, -0.2) is 24.0 Å². The van der Waals surface area contributed by atoms with E-state index in [1.165, 1.54) is 0 Å². The van der Waals surface area contributed by atoms with E-state index in [1.54, 1.807) is 0 Å². The number of rotatable bonds is 0. The van der Waals surface area contributed by atoms with Crippen LogP contribution in [0.5, 0.6) is 0 Å². The fourth-order valence-electron chi connectivity index (χ4n) is 0. The van der Waals surface area contributed by atoms with Crippen molar-refractivity contribution in [2.45, 2.75) is 5.51 Å². The van der Waals surface area contributed by atoms with Crippen LogP contribution >= 0.6 is 0 Å². The van der Waals surface area contributed by atoms with Crippen LogP contribution in [0.25, 0.3) is 0 Å². The Balaban J connectivity index is 0. The Morgan fingerprint density at radius 2 is 1.33 bits per heavy atom. The molecular formula is CH2F3O4S-. The van der Waals surface area contributed by atoms with E-state index < -0.39 is 15.6 Å². The van der Waals surface area contributed by atoms with Gasteiger partial charge >= 0.3 is 5.51 Å². The summed E-state index contributed by atoms with van der Waals surface area (Å²) in [6.07, 6.45) is 0. The zero-order valence-electron chi connectivity index (χ0n) is 3.77. The first kappa shape index (κ1) is 11.5. The fraction of sp³-hybridized carbons (Fsp3) is 1.00. The van der Waals surface area contributed by atoms with Crippen LogP contribution in [0.4, 0.5) is 13.2 Å². The van der Waals surface area contributed by atoms with E-state index in [9.17, 15) is 13.2 Å². The Labute approximate surface area is 48.3 Å². The third-order valence-electron chi connectivity index (χ3n) is 0.283. The third-order valence-corrected chi connectivity index (χ3v) is 0.850. The second-order valence-electron chi connectivity index (χ2n) is 0.900. The molecule has 0 aromatic rings. The average molecular weight is 167 g/mol. The van der Waals surface area contributed by atoms with Crippen molar-refractivity contribution in [2.75, 3.05) is 0 Å². The number of hydrogen-bond donors (Lipinski definition) is 0. The van der Waals surface area contributed by atoms with Crippen molar-refractivity contribution >= 4 is 10.1 Å². The largest absolute Gasteiger partial charge is 0.741 e. The van der Waals surface area contributed by atoms with E-state index in [0.29, 0.717) is 0 Å². The number of alkyl halides is 3. The molecule has 0 amide bonds. The molecule has 0 saturated heterocycles. The summed E-state index contributed by atoms with van der Waals surface area (Å²) in [5, 5.41) is 0. The second kappa shape index (κ2) is 2.50. The molecule has 0 aromatic carbocycles. The van der Waals surface area contributed by atoms with Crippen molar-refractivity contribution in [3.8, 4) is 0 Å². The second-order valence-corrected chi connectivity index (χ2v) is 2.27. The summed E-state index contributed by atoms with van der Waals surface area (Å²) in [6, 6.07) is 0. The summed E-state index contributed by atoms with van der Waals surface area (Å²) >= 11 is 0. The smallest absolute Gasteiger partial charge is 0.485 e. The van der Waals surface area contributed by atoms with Gasteiger partial charge in [-0.1, -0.05) is 0 Å². The summed E-state index contributed by atoms with van der Waals surface area (Å²) < 4.78 is 58.9. The van der Waals surface area contributed by atoms with Gasteiger partial charge in [-0.15, -0.1) is 0 Å². The van der Waals surface area contributed by atoms with Gasteiger partial charge in [0, 0.05) is 0 Å². The van der Waals surface area contributed by atoms with E-state index in [-0.39, 0.29) is 5.48 Å². The molecule has 8 heteroatoms. The van der Waals surface area contributed by atoms with Crippen molar-refractivity contribution in [1.82, 2.24) is 0 Å². The molecule has 0 aromatic heterocycles. The Kier molecular flexibility index (Phi) is 3.18. The van der Waals surface area contributed by atoms with E-state index in [0.717, 1.165) is 0 Å². The third kappa shape index (κ3) is 3.27. The van der Waals surface area contributed by atoms with Gasteiger partial charge in [-0.25, -0.2) is 8.42 Å². The molecule has 0 radical (unpaired) electrons. The predicted octanol–water partition coefficient (Wildman–Crippen LogP) is -0.773. The van der Waals surface area contributed by atoms with Crippen molar-refractivity contribution in [3.63, 3.8) is 0 Å². The van der Waals surface area contributed by atoms with Gasteiger partial charge in [-0.3, -0.25) is 0 Å². The van der Waals surface area contributed by atoms with Crippen LogP contribution in [0, 0.1) is 0 Å². The molecular weight excluding hydrogens is 165 g/mol. The molecule has 0 aliphatic heterocycles. The Bertz CT molecular complexity index is 165.